The van der Waals surface area contributed by atoms with Gasteiger partial charge in [-0.2, -0.15) is 10.2 Å². The molecule has 0 aliphatic rings. The Morgan fingerprint density at radius 3 is 1.83 bits per heavy atom. The summed E-state index contributed by atoms with van der Waals surface area (Å²) < 4.78 is 3.89. The van der Waals surface area contributed by atoms with Gasteiger partial charge in [-0.05, 0) is 51.0 Å². The predicted octanol–water partition coefficient (Wildman–Crippen LogP) is 2.83. The molecule has 3 rings (SSSR count). The molecule has 0 atom stereocenters. The van der Waals surface area contributed by atoms with Crippen molar-refractivity contribution in [3.63, 3.8) is 0 Å². The van der Waals surface area contributed by atoms with Crippen LogP contribution >= 0.6 is 0 Å². The highest BCUT2D eigenvalue weighted by molar-refractivity contribution is 5.36. The van der Waals surface area contributed by atoms with E-state index in [2.05, 4.69) is 46.3 Å². The lowest BCUT2D eigenvalue weighted by Gasteiger charge is -2.23. The van der Waals surface area contributed by atoms with Crippen LogP contribution in [0.15, 0.2) is 36.8 Å². The highest BCUT2D eigenvalue weighted by atomic mass is 15.4. The normalized spacial score (nSPS) is 11.0. The van der Waals surface area contributed by atoms with Crippen LogP contribution in [0.1, 0.15) is 22.5 Å². The smallest absolute Gasteiger partial charge is 0.131 e. The first-order chi connectivity index (χ1) is 11.0. The average molecular weight is 310 g/mol. The quantitative estimate of drug-likeness (QED) is 0.727. The second-order valence-corrected chi connectivity index (χ2v) is 5.88. The highest BCUT2D eigenvalue weighted by Crippen LogP contribution is 2.14. The summed E-state index contributed by atoms with van der Waals surface area (Å²) in [5.74, 6) is 0.907. The van der Waals surface area contributed by atoms with E-state index < -0.39 is 0 Å². The minimum absolute atomic E-state index is 0.629. The maximum absolute atomic E-state index is 4.56. The van der Waals surface area contributed by atoms with Crippen molar-refractivity contribution < 1.29 is 0 Å². The van der Waals surface area contributed by atoms with E-state index in [1.165, 1.54) is 11.1 Å². The van der Waals surface area contributed by atoms with E-state index in [1.54, 1.807) is 0 Å². The Kier molecular flexibility index (Phi) is 4.14. The number of aryl methyl sites for hydroxylation is 4. The monoisotopic (exact) mass is 310 g/mol. The third-order valence-corrected chi connectivity index (χ3v) is 3.99. The van der Waals surface area contributed by atoms with E-state index in [1.807, 2.05) is 47.6 Å². The fourth-order valence-electron chi connectivity index (χ4n) is 2.46. The molecule has 0 aliphatic carbocycles. The first-order valence-corrected chi connectivity index (χ1v) is 7.70. The van der Waals surface area contributed by atoms with Crippen LogP contribution in [0.3, 0.4) is 0 Å². The second kappa shape index (κ2) is 6.24. The minimum Gasteiger partial charge on any atom is -0.317 e. The fraction of sp³-hybridized carbons (Fsp3) is 0.353. The molecule has 0 amide bonds. The number of anilines is 1. The molecule has 0 bridgehead atoms. The molecule has 0 unspecified atom stereocenters. The third kappa shape index (κ3) is 3.41. The molecule has 3 aromatic rings. The van der Waals surface area contributed by atoms with Gasteiger partial charge in [0.25, 0.3) is 0 Å². The van der Waals surface area contributed by atoms with E-state index in [4.69, 9.17) is 0 Å². The van der Waals surface area contributed by atoms with Gasteiger partial charge in [0.1, 0.15) is 19.2 Å². The summed E-state index contributed by atoms with van der Waals surface area (Å²) >= 11 is 0. The Hall–Kier alpha value is -2.63. The van der Waals surface area contributed by atoms with Gasteiger partial charge in [0, 0.05) is 18.6 Å². The van der Waals surface area contributed by atoms with Crippen molar-refractivity contribution in [2.75, 3.05) is 4.90 Å². The van der Waals surface area contributed by atoms with E-state index in [9.17, 15) is 0 Å². The molecular formula is C17H22N6. The van der Waals surface area contributed by atoms with Gasteiger partial charge in [-0.1, -0.05) is 6.07 Å². The van der Waals surface area contributed by atoms with E-state index in [0.717, 1.165) is 17.2 Å². The zero-order chi connectivity index (χ0) is 16.4. The van der Waals surface area contributed by atoms with Gasteiger partial charge in [0.15, 0.2) is 0 Å². The van der Waals surface area contributed by atoms with Crippen molar-refractivity contribution in [2.45, 2.75) is 41.0 Å². The van der Waals surface area contributed by atoms with Crippen LogP contribution in [0.5, 0.6) is 0 Å². The van der Waals surface area contributed by atoms with Crippen molar-refractivity contribution in [1.82, 2.24) is 24.5 Å². The molecule has 120 valence electrons. The molecule has 3 aromatic heterocycles. The largest absolute Gasteiger partial charge is 0.317 e. The number of nitrogens with zero attached hydrogens (tertiary/aromatic N) is 6. The molecule has 0 saturated heterocycles. The first-order valence-electron chi connectivity index (χ1n) is 7.70. The molecule has 0 N–H and O–H groups in total. The topological polar surface area (TPSA) is 51.8 Å². The van der Waals surface area contributed by atoms with Gasteiger partial charge in [-0.3, -0.25) is 9.36 Å². The van der Waals surface area contributed by atoms with Gasteiger partial charge < -0.3 is 4.90 Å². The van der Waals surface area contributed by atoms with Crippen LogP contribution in [-0.2, 0) is 13.3 Å². The lowest BCUT2D eigenvalue weighted by atomic mass is 10.3. The predicted molar refractivity (Wildman–Crippen MR) is 90.1 cm³/mol. The number of hydrogen-bond donors (Lipinski definition) is 0. The molecule has 0 spiro atoms. The lowest BCUT2D eigenvalue weighted by Crippen LogP contribution is -2.30. The summed E-state index contributed by atoms with van der Waals surface area (Å²) in [7, 11) is 0. The maximum atomic E-state index is 4.56. The molecular weight excluding hydrogens is 288 g/mol. The lowest BCUT2D eigenvalue weighted by molar-refractivity contribution is 0.492. The Morgan fingerprint density at radius 1 is 0.870 bits per heavy atom. The van der Waals surface area contributed by atoms with Gasteiger partial charge in [-0.15, -0.1) is 0 Å². The number of rotatable bonds is 5. The van der Waals surface area contributed by atoms with Crippen LogP contribution in [0.2, 0.25) is 0 Å². The molecule has 23 heavy (non-hydrogen) atoms. The molecule has 6 nitrogen and oxygen atoms in total. The number of hydrogen-bond acceptors (Lipinski definition) is 4. The SMILES string of the molecule is Cc1cn(CN(Cn2cc(C)c(C)n2)c2ccccn2)nc1C. The Balaban J connectivity index is 1.87. The molecule has 0 aliphatic heterocycles. The van der Waals surface area contributed by atoms with Gasteiger partial charge in [0.05, 0.1) is 11.4 Å². The summed E-state index contributed by atoms with van der Waals surface area (Å²) in [6.45, 7) is 9.45. The first kappa shape index (κ1) is 15.3. The fourth-order valence-corrected chi connectivity index (χ4v) is 2.46. The van der Waals surface area contributed by atoms with Crippen molar-refractivity contribution in [3.05, 3.63) is 59.3 Å². The molecule has 0 saturated carbocycles. The second-order valence-electron chi connectivity index (χ2n) is 5.88. The van der Waals surface area contributed by atoms with Crippen molar-refractivity contribution in [2.24, 2.45) is 0 Å². The molecule has 0 aromatic carbocycles. The van der Waals surface area contributed by atoms with Gasteiger partial charge in [0.2, 0.25) is 0 Å². The van der Waals surface area contributed by atoms with Crippen LogP contribution in [-0.4, -0.2) is 24.5 Å². The van der Waals surface area contributed by atoms with Crippen LogP contribution in [0.25, 0.3) is 0 Å². The molecule has 0 radical (unpaired) electrons. The summed E-state index contributed by atoms with van der Waals surface area (Å²) in [6, 6.07) is 5.92. The molecule has 3 heterocycles. The molecule has 6 heteroatoms. The maximum Gasteiger partial charge on any atom is 0.131 e. The Morgan fingerprint density at radius 2 is 1.43 bits per heavy atom. The summed E-state index contributed by atoms with van der Waals surface area (Å²) in [5.41, 5.74) is 4.49. The summed E-state index contributed by atoms with van der Waals surface area (Å²) in [4.78, 5) is 6.62. The average Bonchev–Trinajstić information content (AvgIpc) is 3.01. The van der Waals surface area contributed by atoms with Crippen molar-refractivity contribution in [3.8, 4) is 0 Å². The summed E-state index contributed by atoms with van der Waals surface area (Å²) in [6.07, 6.45) is 5.93. The van der Waals surface area contributed by atoms with Crippen molar-refractivity contribution in [1.29, 1.82) is 0 Å². The van der Waals surface area contributed by atoms with E-state index in [0.29, 0.717) is 13.3 Å². The zero-order valence-corrected chi connectivity index (χ0v) is 14.1. The number of pyridine rings is 1. The van der Waals surface area contributed by atoms with E-state index in [-0.39, 0.29) is 0 Å². The molecule has 0 fully saturated rings. The Labute approximate surface area is 136 Å². The van der Waals surface area contributed by atoms with Crippen LogP contribution in [0, 0.1) is 27.7 Å². The van der Waals surface area contributed by atoms with Gasteiger partial charge in [-0.25, -0.2) is 4.98 Å². The van der Waals surface area contributed by atoms with Crippen molar-refractivity contribution >= 4 is 5.82 Å². The van der Waals surface area contributed by atoms with Crippen LogP contribution in [0.4, 0.5) is 5.82 Å². The zero-order valence-electron chi connectivity index (χ0n) is 14.1. The Bertz CT molecular complexity index is 700. The standard InChI is InChI=1S/C17H22N6/c1-13-9-22(19-15(13)3)11-21(17-7-5-6-8-18-17)12-23-10-14(2)16(4)20-23/h5-10H,11-12H2,1-4H3. The van der Waals surface area contributed by atoms with Crippen LogP contribution < -0.4 is 4.90 Å². The highest BCUT2D eigenvalue weighted by Gasteiger charge is 2.12. The van der Waals surface area contributed by atoms with Gasteiger partial charge >= 0.3 is 0 Å². The number of aromatic nitrogens is 5. The third-order valence-electron chi connectivity index (χ3n) is 3.99. The summed E-state index contributed by atoms with van der Waals surface area (Å²) in [5, 5.41) is 9.11. The van der Waals surface area contributed by atoms with E-state index >= 15 is 0 Å². The minimum atomic E-state index is 0.629.